The van der Waals surface area contributed by atoms with Gasteiger partial charge in [-0.05, 0) is 0 Å². The number of hydrazine groups is 1. The van der Waals surface area contributed by atoms with E-state index in [0.717, 1.165) is 22.9 Å². The number of hydrogen-bond acceptors (Lipinski definition) is 5. The molecular weight excluding hydrogens is 280 g/mol. The second-order valence-corrected chi connectivity index (χ2v) is 6.67. The van der Waals surface area contributed by atoms with E-state index in [9.17, 15) is 0 Å². The molecule has 3 aromatic rings. The summed E-state index contributed by atoms with van der Waals surface area (Å²) in [6.07, 6.45) is 3.45. The summed E-state index contributed by atoms with van der Waals surface area (Å²) in [5.74, 6) is 1.83. The number of rotatable bonds is 4. The van der Waals surface area contributed by atoms with E-state index >= 15 is 0 Å². The smallest absolute Gasteiger partial charge is 0.219 e. The second-order valence-electron chi connectivity index (χ2n) is 6.67. The highest BCUT2D eigenvalue weighted by Crippen LogP contribution is 2.32. The second kappa shape index (κ2) is 5.04. The van der Waals surface area contributed by atoms with Gasteiger partial charge in [0.1, 0.15) is 5.69 Å². The first-order valence-electron chi connectivity index (χ1n) is 7.37. The van der Waals surface area contributed by atoms with Gasteiger partial charge in [-0.2, -0.15) is 0 Å². The van der Waals surface area contributed by atoms with Crippen LogP contribution in [-0.4, -0.2) is 29.8 Å². The number of imidazole rings is 1. The zero-order chi connectivity index (χ0) is 15.9. The van der Waals surface area contributed by atoms with Crippen LogP contribution in [0.3, 0.4) is 0 Å². The lowest BCUT2D eigenvalue weighted by atomic mass is 9.91. The van der Waals surface area contributed by atoms with Crippen molar-refractivity contribution in [3.63, 3.8) is 0 Å². The van der Waals surface area contributed by atoms with Crippen molar-refractivity contribution in [1.29, 1.82) is 0 Å². The average Bonchev–Trinajstić information content (AvgIpc) is 3.11. The molecule has 118 valence electrons. The predicted molar refractivity (Wildman–Crippen MR) is 86.0 cm³/mol. The number of fused-ring (bicyclic) bond motifs is 1. The maximum Gasteiger partial charge on any atom is 0.219 e. The van der Waals surface area contributed by atoms with E-state index in [1.54, 1.807) is 12.4 Å². The van der Waals surface area contributed by atoms with Crippen LogP contribution < -0.4 is 10.9 Å². The summed E-state index contributed by atoms with van der Waals surface area (Å²) in [6.45, 7) is 10.7. The van der Waals surface area contributed by atoms with Crippen LogP contribution in [0.1, 0.15) is 52.1 Å². The van der Waals surface area contributed by atoms with Crippen LogP contribution in [0.5, 0.6) is 0 Å². The molecule has 0 amide bonds. The monoisotopic (exact) mass is 302 g/mol. The van der Waals surface area contributed by atoms with Gasteiger partial charge in [-0.15, -0.1) is 10.2 Å². The van der Waals surface area contributed by atoms with E-state index in [1.807, 2.05) is 4.52 Å². The van der Waals surface area contributed by atoms with E-state index in [2.05, 4.69) is 70.7 Å². The number of hydrogen-bond donors (Lipinski definition) is 4. The zero-order valence-electron chi connectivity index (χ0n) is 13.5. The summed E-state index contributed by atoms with van der Waals surface area (Å²) in [5, 5.41) is 12.0. The van der Waals surface area contributed by atoms with Crippen LogP contribution in [0.25, 0.3) is 5.65 Å². The van der Waals surface area contributed by atoms with E-state index in [1.165, 1.54) is 0 Å². The van der Waals surface area contributed by atoms with E-state index in [0.29, 0.717) is 5.95 Å². The molecule has 0 aliphatic heterocycles. The Morgan fingerprint density at radius 3 is 2.55 bits per heavy atom. The molecule has 0 aliphatic carbocycles. The Hall–Kier alpha value is -2.51. The van der Waals surface area contributed by atoms with Crippen molar-refractivity contribution in [1.82, 2.24) is 29.8 Å². The lowest BCUT2D eigenvalue weighted by Gasteiger charge is -2.19. The number of aromatic amines is 2. The number of nitrogens with one attached hydrogen (secondary N) is 4. The maximum absolute atomic E-state index is 4.32. The van der Waals surface area contributed by atoms with Crippen molar-refractivity contribution in [2.75, 3.05) is 10.9 Å². The van der Waals surface area contributed by atoms with E-state index < -0.39 is 0 Å². The molecule has 8 nitrogen and oxygen atoms in total. The molecule has 3 rings (SSSR count). The molecule has 0 atom stereocenters. The van der Waals surface area contributed by atoms with Gasteiger partial charge in [0.25, 0.3) is 0 Å². The Morgan fingerprint density at radius 2 is 1.95 bits per heavy atom. The van der Waals surface area contributed by atoms with Crippen LogP contribution in [0.15, 0.2) is 12.4 Å². The predicted octanol–water partition coefficient (Wildman–Crippen LogP) is 2.64. The fraction of sp³-hybridized carbons (Fsp3) is 0.500. The highest BCUT2D eigenvalue weighted by atomic mass is 15.5. The third-order valence-corrected chi connectivity index (χ3v) is 3.46. The van der Waals surface area contributed by atoms with Crippen LogP contribution in [0.4, 0.5) is 11.6 Å². The standard InChI is InChI=1S/C14H22N8/c1-8(2)11-18-19-12-9(17-20-13-15-6-7-16-13)10(14(3,4)5)21-22(11)12/h6-8,17,21H,1-5H3,(H2,15,16,20). The summed E-state index contributed by atoms with van der Waals surface area (Å²) >= 11 is 0. The van der Waals surface area contributed by atoms with Crippen molar-refractivity contribution < 1.29 is 0 Å². The largest absolute Gasteiger partial charge is 0.330 e. The maximum atomic E-state index is 4.32. The van der Waals surface area contributed by atoms with Crippen molar-refractivity contribution in [2.24, 2.45) is 0 Å². The van der Waals surface area contributed by atoms with Gasteiger partial charge >= 0.3 is 0 Å². The number of nitrogens with zero attached hydrogens (tertiary/aromatic N) is 4. The third-order valence-electron chi connectivity index (χ3n) is 3.46. The van der Waals surface area contributed by atoms with Crippen molar-refractivity contribution in [2.45, 2.75) is 46.0 Å². The minimum absolute atomic E-state index is 0.0673. The summed E-state index contributed by atoms with van der Waals surface area (Å²) in [5.41, 5.74) is 8.89. The van der Waals surface area contributed by atoms with Gasteiger partial charge in [-0.25, -0.2) is 9.50 Å². The van der Waals surface area contributed by atoms with Gasteiger partial charge in [0.15, 0.2) is 5.82 Å². The molecule has 4 N–H and O–H groups in total. The quantitative estimate of drug-likeness (QED) is 0.555. The van der Waals surface area contributed by atoms with Crippen LogP contribution in [0, 0.1) is 0 Å². The Balaban J connectivity index is 2.05. The third kappa shape index (κ3) is 2.40. The lowest BCUT2D eigenvalue weighted by Crippen LogP contribution is -2.18. The highest BCUT2D eigenvalue weighted by molar-refractivity contribution is 5.73. The number of aromatic nitrogens is 6. The fourth-order valence-electron chi connectivity index (χ4n) is 2.34. The van der Waals surface area contributed by atoms with Gasteiger partial charge in [0.05, 0.1) is 5.69 Å². The number of anilines is 2. The summed E-state index contributed by atoms with van der Waals surface area (Å²) in [4.78, 5) is 7.13. The number of H-pyrrole nitrogens is 2. The summed E-state index contributed by atoms with van der Waals surface area (Å²) in [7, 11) is 0. The molecule has 0 fully saturated rings. The highest BCUT2D eigenvalue weighted by Gasteiger charge is 2.26. The van der Waals surface area contributed by atoms with E-state index in [-0.39, 0.29) is 11.3 Å². The first-order valence-corrected chi connectivity index (χ1v) is 7.37. The van der Waals surface area contributed by atoms with Gasteiger partial charge in [0, 0.05) is 23.7 Å². The Kier molecular flexibility index (Phi) is 3.31. The molecule has 0 aromatic carbocycles. The van der Waals surface area contributed by atoms with Gasteiger partial charge in [-0.1, -0.05) is 34.6 Å². The lowest BCUT2D eigenvalue weighted by molar-refractivity contribution is 0.559. The molecule has 3 heterocycles. The molecule has 3 aromatic heterocycles. The van der Waals surface area contributed by atoms with Crippen LogP contribution >= 0.6 is 0 Å². The minimum Gasteiger partial charge on any atom is -0.330 e. The van der Waals surface area contributed by atoms with Crippen LogP contribution in [0.2, 0.25) is 0 Å². The molecule has 0 saturated heterocycles. The minimum atomic E-state index is -0.0673. The summed E-state index contributed by atoms with van der Waals surface area (Å²) < 4.78 is 1.94. The van der Waals surface area contributed by atoms with Gasteiger partial charge in [0.2, 0.25) is 11.6 Å². The molecule has 0 spiro atoms. The Bertz CT molecular complexity index is 757. The van der Waals surface area contributed by atoms with E-state index in [4.69, 9.17) is 0 Å². The summed E-state index contributed by atoms with van der Waals surface area (Å²) in [6, 6.07) is 0. The van der Waals surface area contributed by atoms with Crippen molar-refractivity contribution in [3.8, 4) is 0 Å². The normalized spacial score (nSPS) is 12.3. The zero-order valence-corrected chi connectivity index (χ0v) is 13.5. The van der Waals surface area contributed by atoms with Crippen molar-refractivity contribution in [3.05, 3.63) is 23.9 Å². The van der Waals surface area contributed by atoms with Crippen molar-refractivity contribution >= 4 is 17.3 Å². The van der Waals surface area contributed by atoms with Gasteiger partial charge in [-0.3, -0.25) is 16.0 Å². The first-order chi connectivity index (χ1) is 10.4. The molecule has 8 heteroatoms. The molecular formula is C14H22N8. The first kappa shape index (κ1) is 14.4. The fourth-order valence-corrected chi connectivity index (χ4v) is 2.34. The molecule has 0 saturated carbocycles. The molecule has 0 unspecified atom stereocenters. The Labute approximate surface area is 128 Å². The van der Waals surface area contributed by atoms with Gasteiger partial charge < -0.3 is 4.98 Å². The molecule has 0 bridgehead atoms. The molecule has 22 heavy (non-hydrogen) atoms. The Morgan fingerprint density at radius 1 is 1.18 bits per heavy atom. The topological polar surface area (TPSA) is 98.7 Å². The average molecular weight is 302 g/mol. The van der Waals surface area contributed by atoms with Crippen LogP contribution in [-0.2, 0) is 5.41 Å². The SMILES string of the molecule is CC(C)c1nnc2c(NNc3ncc[nH]3)c(C(C)(C)C)[nH]n12. The molecule has 0 aliphatic rings. The molecule has 0 radical (unpaired) electrons.